The van der Waals surface area contributed by atoms with Crippen molar-refractivity contribution in [3.63, 3.8) is 0 Å². The SMILES string of the molecule is COCC(N)C(=O)NCc1ccc(CN2CCN(C)CC2)cc1. The number of rotatable bonds is 7. The van der Waals surface area contributed by atoms with Gasteiger partial charge in [0.05, 0.1) is 6.61 Å². The molecule has 23 heavy (non-hydrogen) atoms. The molecule has 1 atom stereocenters. The van der Waals surface area contributed by atoms with E-state index < -0.39 is 6.04 Å². The Labute approximate surface area is 138 Å². The summed E-state index contributed by atoms with van der Waals surface area (Å²) in [7, 11) is 3.70. The van der Waals surface area contributed by atoms with Crippen molar-refractivity contribution in [1.29, 1.82) is 0 Å². The minimum Gasteiger partial charge on any atom is -0.383 e. The lowest BCUT2D eigenvalue weighted by Crippen LogP contribution is -2.43. The number of nitrogens with one attached hydrogen (secondary N) is 1. The molecule has 128 valence electrons. The highest BCUT2D eigenvalue weighted by molar-refractivity contribution is 5.81. The number of carbonyl (C=O) groups is 1. The molecule has 0 bridgehead atoms. The summed E-state index contributed by atoms with van der Waals surface area (Å²) in [4.78, 5) is 16.6. The number of ether oxygens (including phenoxy) is 1. The van der Waals surface area contributed by atoms with Crippen LogP contribution in [-0.2, 0) is 22.6 Å². The van der Waals surface area contributed by atoms with Crippen molar-refractivity contribution < 1.29 is 9.53 Å². The van der Waals surface area contributed by atoms with Crippen LogP contribution in [0.15, 0.2) is 24.3 Å². The second kappa shape index (κ2) is 8.98. The number of amides is 1. The van der Waals surface area contributed by atoms with Gasteiger partial charge in [0.1, 0.15) is 6.04 Å². The van der Waals surface area contributed by atoms with E-state index in [1.807, 2.05) is 0 Å². The van der Waals surface area contributed by atoms with Crippen molar-refractivity contribution in [2.75, 3.05) is 46.9 Å². The van der Waals surface area contributed by atoms with E-state index in [0.29, 0.717) is 6.54 Å². The minimum atomic E-state index is -0.614. The van der Waals surface area contributed by atoms with Gasteiger partial charge < -0.3 is 20.7 Å². The summed E-state index contributed by atoms with van der Waals surface area (Å²) in [6, 6.07) is 7.78. The first kappa shape index (κ1) is 17.9. The molecule has 0 aliphatic carbocycles. The molecule has 1 amide bonds. The molecule has 0 radical (unpaired) electrons. The van der Waals surface area contributed by atoms with Crippen molar-refractivity contribution in [2.45, 2.75) is 19.1 Å². The minimum absolute atomic E-state index is 0.187. The number of hydrogen-bond donors (Lipinski definition) is 2. The van der Waals surface area contributed by atoms with Crippen molar-refractivity contribution >= 4 is 5.91 Å². The lowest BCUT2D eigenvalue weighted by molar-refractivity contribution is -0.123. The van der Waals surface area contributed by atoms with Gasteiger partial charge in [-0.15, -0.1) is 0 Å². The zero-order chi connectivity index (χ0) is 16.7. The molecule has 6 heteroatoms. The van der Waals surface area contributed by atoms with Crippen LogP contribution < -0.4 is 11.1 Å². The number of nitrogens with two attached hydrogens (primary N) is 1. The lowest BCUT2D eigenvalue weighted by atomic mass is 10.1. The van der Waals surface area contributed by atoms with E-state index in [2.05, 4.69) is 46.4 Å². The van der Waals surface area contributed by atoms with Crippen LogP contribution in [0.25, 0.3) is 0 Å². The number of carbonyl (C=O) groups excluding carboxylic acids is 1. The Morgan fingerprint density at radius 1 is 1.22 bits per heavy atom. The smallest absolute Gasteiger partial charge is 0.239 e. The fraction of sp³-hybridized carbons (Fsp3) is 0.588. The molecule has 1 aromatic carbocycles. The van der Waals surface area contributed by atoms with Gasteiger partial charge in [-0.1, -0.05) is 24.3 Å². The molecule has 0 spiro atoms. The Balaban J connectivity index is 1.77. The monoisotopic (exact) mass is 320 g/mol. The largest absolute Gasteiger partial charge is 0.383 e. The highest BCUT2D eigenvalue weighted by Gasteiger charge is 2.14. The predicted molar refractivity (Wildman–Crippen MR) is 90.9 cm³/mol. The second-order valence-corrected chi connectivity index (χ2v) is 6.18. The van der Waals surface area contributed by atoms with Crippen molar-refractivity contribution in [3.8, 4) is 0 Å². The first-order chi connectivity index (χ1) is 11.1. The summed E-state index contributed by atoms with van der Waals surface area (Å²) >= 11 is 0. The van der Waals surface area contributed by atoms with Gasteiger partial charge in [0.15, 0.2) is 0 Å². The number of methoxy groups -OCH3 is 1. The average molecular weight is 320 g/mol. The lowest BCUT2D eigenvalue weighted by Gasteiger charge is -2.32. The quantitative estimate of drug-likeness (QED) is 0.741. The van der Waals surface area contributed by atoms with E-state index in [9.17, 15) is 4.79 Å². The Kier molecular flexibility index (Phi) is 6.98. The molecule has 1 fully saturated rings. The summed E-state index contributed by atoms with van der Waals surface area (Å²) in [6.07, 6.45) is 0. The standard InChI is InChI=1S/C17H28N4O2/c1-20-7-9-21(10-8-20)12-15-5-3-14(4-6-15)11-19-17(22)16(18)13-23-2/h3-6,16H,7-13,18H2,1-2H3,(H,19,22). The molecule has 1 heterocycles. The van der Waals surface area contributed by atoms with Crippen LogP contribution in [0.3, 0.4) is 0 Å². The van der Waals surface area contributed by atoms with E-state index >= 15 is 0 Å². The molecule has 1 aliphatic heterocycles. The second-order valence-electron chi connectivity index (χ2n) is 6.18. The van der Waals surface area contributed by atoms with Gasteiger partial charge in [-0.05, 0) is 18.2 Å². The Bertz CT molecular complexity index is 484. The van der Waals surface area contributed by atoms with Crippen LogP contribution in [0.2, 0.25) is 0 Å². The molecule has 3 N–H and O–H groups in total. The number of hydrogen-bond acceptors (Lipinski definition) is 5. The van der Waals surface area contributed by atoms with Gasteiger partial charge in [0.2, 0.25) is 5.91 Å². The zero-order valence-electron chi connectivity index (χ0n) is 14.1. The first-order valence-electron chi connectivity index (χ1n) is 8.09. The van der Waals surface area contributed by atoms with Gasteiger partial charge >= 0.3 is 0 Å². The Hall–Kier alpha value is -1.47. The molecule has 2 rings (SSSR count). The van der Waals surface area contributed by atoms with Gasteiger partial charge in [-0.2, -0.15) is 0 Å². The van der Waals surface area contributed by atoms with E-state index in [-0.39, 0.29) is 12.5 Å². The summed E-state index contributed by atoms with van der Waals surface area (Å²) in [5.74, 6) is -0.187. The normalized spacial score (nSPS) is 17.9. The average Bonchev–Trinajstić information content (AvgIpc) is 2.56. The van der Waals surface area contributed by atoms with Crippen LogP contribution in [0.5, 0.6) is 0 Å². The molecule has 0 saturated carbocycles. The third-order valence-corrected chi connectivity index (χ3v) is 4.17. The number of piperazine rings is 1. The maximum atomic E-state index is 11.7. The number of benzene rings is 1. The van der Waals surface area contributed by atoms with Crippen LogP contribution in [-0.4, -0.2) is 68.7 Å². The fourth-order valence-corrected chi connectivity index (χ4v) is 2.60. The van der Waals surface area contributed by atoms with Crippen molar-refractivity contribution in [3.05, 3.63) is 35.4 Å². The maximum Gasteiger partial charge on any atom is 0.239 e. The van der Waals surface area contributed by atoms with Gasteiger partial charge in [0.25, 0.3) is 0 Å². The fourth-order valence-electron chi connectivity index (χ4n) is 2.60. The Morgan fingerprint density at radius 3 is 2.43 bits per heavy atom. The first-order valence-corrected chi connectivity index (χ1v) is 8.09. The molecule has 6 nitrogen and oxygen atoms in total. The maximum absolute atomic E-state index is 11.7. The van der Waals surface area contributed by atoms with Gasteiger partial charge in [-0.3, -0.25) is 9.69 Å². The topological polar surface area (TPSA) is 70.8 Å². The van der Waals surface area contributed by atoms with Gasteiger partial charge in [-0.25, -0.2) is 0 Å². The molecule has 1 aromatic rings. The van der Waals surface area contributed by atoms with Crippen molar-refractivity contribution in [2.24, 2.45) is 5.73 Å². The van der Waals surface area contributed by atoms with E-state index in [0.717, 1.165) is 38.3 Å². The zero-order valence-corrected chi connectivity index (χ0v) is 14.1. The van der Waals surface area contributed by atoms with Crippen molar-refractivity contribution in [1.82, 2.24) is 15.1 Å². The third-order valence-electron chi connectivity index (χ3n) is 4.17. The van der Waals surface area contributed by atoms with E-state index in [1.54, 1.807) is 0 Å². The molecular weight excluding hydrogens is 292 g/mol. The summed E-state index contributed by atoms with van der Waals surface area (Å²) in [5, 5.41) is 2.83. The van der Waals surface area contributed by atoms with Crippen LogP contribution in [0.4, 0.5) is 0 Å². The molecular formula is C17H28N4O2. The van der Waals surface area contributed by atoms with Crippen LogP contribution in [0, 0.1) is 0 Å². The predicted octanol–water partition coefficient (Wildman–Crippen LogP) is 0.0239. The molecule has 1 aliphatic rings. The highest BCUT2D eigenvalue weighted by atomic mass is 16.5. The molecule has 0 aromatic heterocycles. The molecule has 1 saturated heterocycles. The molecule has 1 unspecified atom stereocenters. The third kappa shape index (κ3) is 5.91. The summed E-state index contributed by atoms with van der Waals surface area (Å²) < 4.78 is 4.88. The number of nitrogens with zero attached hydrogens (tertiary/aromatic N) is 2. The van der Waals surface area contributed by atoms with Crippen LogP contribution >= 0.6 is 0 Å². The number of likely N-dealkylation sites (N-methyl/N-ethyl adjacent to an activating group) is 1. The summed E-state index contributed by atoms with van der Waals surface area (Å²) in [5.41, 5.74) is 8.06. The summed E-state index contributed by atoms with van der Waals surface area (Å²) in [6.45, 7) is 6.20. The van der Waals surface area contributed by atoms with Crippen LogP contribution in [0.1, 0.15) is 11.1 Å². The Morgan fingerprint density at radius 2 is 1.83 bits per heavy atom. The van der Waals surface area contributed by atoms with Gasteiger partial charge in [0, 0.05) is 46.4 Å². The van der Waals surface area contributed by atoms with E-state index in [4.69, 9.17) is 10.5 Å². The highest BCUT2D eigenvalue weighted by Crippen LogP contribution is 2.09. The van der Waals surface area contributed by atoms with E-state index in [1.165, 1.54) is 12.7 Å².